The maximum Gasteiger partial charge on any atom is 0.129 e. The van der Waals surface area contributed by atoms with E-state index in [-0.39, 0.29) is 0 Å². The number of nitrogens with zero attached hydrogens (tertiary/aromatic N) is 1. The molecule has 0 unspecified atom stereocenters. The third-order valence-corrected chi connectivity index (χ3v) is 2.26. The molecule has 1 heterocycles. The van der Waals surface area contributed by atoms with Crippen molar-refractivity contribution in [1.82, 2.24) is 10.2 Å². The zero-order valence-electron chi connectivity index (χ0n) is 10.5. The summed E-state index contributed by atoms with van der Waals surface area (Å²) in [6.07, 6.45) is 1.15. The first-order valence-electron chi connectivity index (χ1n) is 5.64. The van der Waals surface area contributed by atoms with Crippen LogP contribution in [0.15, 0.2) is 16.5 Å². The number of methoxy groups -OCH3 is 1. The Labute approximate surface area is 97.6 Å². The molecule has 16 heavy (non-hydrogen) atoms. The maximum absolute atomic E-state index is 5.55. The molecule has 1 rings (SSSR count). The van der Waals surface area contributed by atoms with Gasteiger partial charge in [-0.05, 0) is 45.7 Å². The van der Waals surface area contributed by atoms with E-state index in [0.29, 0.717) is 6.61 Å². The highest BCUT2D eigenvalue weighted by atomic mass is 16.5. The summed E-state index contributed by atoms with van der Waals surface area (Å²) in [7, 11) is 5.84. The van der Waals surface area contributed by atoms with E-state index in [1.165, 1.54) is 0 Å². The minimum absolute atomic E-state index is 0.542. The largest absolute Gasteiger partial charge is 0.462 e. The second-order valence-electron chi connectivity index (χ2n) is 4.13. The minimum Gasteiger partial charge on any atom is -0.462 e. The lowest BCUT2D eigenvalue weighted by atomic mass is 10.4. The van der Waals surface area contributed by atoms with Gasteiger partial charge in [0.15, 0.2) is 0 Å². The molecule has 0 bridgehead atoms. The van der Waals surface area contributed by atoms with Crippen LogP contribution in [0.3, 0.4) is 0 Å². The Balaban J connectivity index is 2.12. The molecule has 4 nitrogen and oxygen atoms in total. The summed E-state index contributed by atoms with van der Waals surface area (Å²) >= 11 is 0. The average Bonchev–Trinajstić information content (AvgIpc) is 2.65. The van der Waals surface area contributed by atoms with Crippen LogP contribution in [0.5, 0.6) is 0 Å². The fourth-order valence-electron chi connectivity index (χ4n) is 1.47. The topological polar surface area (TPSA) is 37.6 Å². The Morgan fingerprint density at radius 3 is 2.75 bits per heavy atom. The van der Waals surface area contributed by atoms with Gasteiger partial charge in [0.25, 0.3) is 0 Å². The minimum atomic E-state index is 0.542. The van der Waals surface area contributed by atoms with Crippen LogP contribution >= 0.6 is 0 Å². The van der Waals surface area contributed by atoms with Crippen molar-refractivity contribution >= 4 is 0 Å². The molecule has 0 aliphatic rings. The molecule has 0 aliphatic heterocycles. The average molecular weight is 226 g/mol. The van der Waals surface area contributed by atoms with Gasteiger partial charge in [-0.3, -0.25) is 0 Å². The smallest absolute Gasteiger partial charge is 0.129 e. The summed E-state index contributed by atoms with van der Waals surface area (Å²) in [5.74, 6) is 1.85. The van der Waals surface area contributed by atoms with Gasteiger partial charge < -0.3 is 19.4 Å². The Morgan fingerprint density at radius 2 is 2.06 bits per heavy atom. The second-order valence-corrected chi connectivity index (χ2v) is 4.13. The lowest BCUT2D eigenvalue weighted by molar-refractivity contribution is 0.162. The van der Waals surface area contributed by atoms with Gasteiger partial charge in [-0.15, -0.1) is 0 Å². The number of furan rings is 1. The van der Waals surface area contributed by atoms with Gasteiger partial charge in [-0.25, -0.2) is 0 Å². The van der Waals surface area contributed by atoms with Crippen LogP contribution < -0.4 is 5.32 Å². The van der Waals surface area contributed by atoms with E-state index in [9.17, 15) is 0 Å². The molecular formula is C12H22N2O2. The van der Waals surface area contributed by atoms with Crippen molar-refractivity contribution in [3.05, 3.63) is 23.7 Å². The number of hydrogen-bond donors (Lipinski definition) is 1. The van der Waals surface area contributed by atoms with E-state index in [0.717, 1.165) is 37.6 Å². The number of ether oxygens (including phenoxy) is 1. The molecule has 0 fully saturated rings. The van der Waals surface area contributed by atoms with Crippen molar-refractivity contribution < 1.29 is 9.15 Å². The Hall–Kier alpha value is -0.840. The van der Waals surface area contributed by atoms with Gasteiger partial charge in [-0.1, -0.05) is 0 Å². The summed E-state index contributed by atoms with van der Waals surface area (Å²) in [5, 5.41) is 3.35. The first-order valence-corrected chi connectivity index (χ1v) is 5.64. The van der Waals surface area contributed by atoms with Gasteiger partial charge in [0, 0.05) is 7.11 Å². The first-order chi connectivity index (χ1) is 7.72. The van der Waals surface area contributed by atoms with Gasteiger partial charge >= 0.3 is 0 Å². The number of nitrogens with one attached hydrogen (secondary N) is 1. The van der Waals surface area contributed by atoms with E-state index in [4.69, 9.17) is 9.15 Å². The van der Waals surface area contributed by atoms with E-state index >= 15 is 0 Å². The van der Waals surface area contributed by atoms with Crippen molar-refractivity contribution in [2.45, 2.75) is 19.6 Å². The Morgan fingerprint density at radius 1 is 1.31 bits per heavy atom. The van der Waals surface area contributed by atoms with E-state index < -0.39 is 0 Å². The summed E-state index contributed by atoms with van der Waals surface area (Å²) in [4.78, 5) is 2.19. The fourth-order valence-corrected chi connectivity index (χ4v) is 1.47. The van der Waals surface area contributed by atoms with Gasteiger partial charge in [0.1, 0.15) is 18.1 Å². The SMILES string of the molecule is COCc1ccc(CNCCCN(C)C)o1. The molecule has 92 valence electrons. The molecule has 1 N–H and O–H groups in total. The highest BCUT2D eigenvalue weighted by Gasteiger charge is 2.00. The van der Waals surface area contributed by atoms with E-state index in [2.05, 4.69) is 24.3 Å². The highest BCUT2D eigenvalue weighted by Crippen LogP contribution is 2.08. The van der Waals surface area contributed by atoms with Crippen LogP contribution in [0.4, 0.5) is 0 Å². The second kappa shape index (κ2) is 7.44. The molecule has 0 aliphatic carbocycles. The Bertz CT molecular complexity index is 284. The fraction of sp³-hybridized carbons (Fsp3) is 0.667. The highest BCUT2D eigenvalue weighted by molar-refractivity contribution is 5.06. The zero-order valence-corrected chi connectivity index (χ0v) is 10.5. The van der Waals surface area contributed by atoms with E-state index in [1.54, 1.807) is 7.11 Å². The molecule has 1 aromatic rings. The predicted octanol–water partition coefficient (Wildman–Crippen LogP) is 1.47. The van der Waals surface area contributed by atoms with Crippen LogP contribution in [0.2, 0.25) is 0 Å². The lowest BCUT2D eigenvalue weighted by Gasteiger charge is -2.08. The van der Waals surface area contributed by atoms with Crippen LogP contribution in [0, 0.1) is 0 Å². The van der Waals surface area contributed by atoms with Gasteiger partial charge in [0.05, 0.1) is 6.54 Å². The van der Waals surface area contributed by atoms with Gasteiger partial charge in [-0.2, -0.15) is 0 Å². The molecule has 0 aromatic carbocycles. The first kappa shape index (κ1) is 13.2. The quantitative estimate of drug-likeness (QED) is 0.681. The molecule has 0 atom stereocenters. The van der Waals surface area contributed by atoms with Crippen molar-refractivity contribution in [2.24, 2.45) is 0 Å². The predicted molar refractivity (Wildman–Crippen MR) is 64.3 cm³/mol. The van der Waals surface area contributed by atoms with Crippen LogP contribution in [0.25, 0.3) is 0 Å². The molecule has 0 saturated carbocycles. The monoisotopic (exact) mass is 226 g/mol. The van der Waals surface area contributed by atoms with Crippen LogP contribution in [-0.2, 0) is 17.9 Å². The molecule has 0 radical (unpaired) electrons. The molecular weight excluding hydrogens is 204 g/mol. The van der Waals surface area contributed by atoms with Crippen molar-refractivity contribution in [3.8, 4) is 0 Å². The molecule has 0 amide bonds. The van der Waals surface area contributed by atoms with Crippen LogP contribution in [-0.4, -0.2) is 39.2 Å². The van der Waals surface area contributed by atoms with Crippen molar-refractivity contribution in [1.29, 1.82) is 0 Å². The third kappa shape index (κ3) is 5.30. The van der Waals surface area contributed by atoms with Crippen molar-refractivity contribution in [3.63, 3.8) is 0 Å². The normalized spacial score (nSPS) is 11.2. The summed E-state index contributed by atoms with van der Waals surface area (Å²) in [6.45, 7) is 3.45. The summed E-state index contributed by atoms with van der Waals surface area (Å²) < 4.78 is 10.5. The molecule has 0 spiro atoms. The van der Waals surface area contributed by atoms with Crippen molar-refractivity contribution in [2.75, 3.05) is 34.3 Å². The number of rotatable bonds is 8. The zero-order chi connectivity index (χ0) is 11.8. The summed E-state index contributed by atoms with van der Waals surface area (Å²) in [5.41, 5.74) is 0. The molecule has 1 aromatic heterocycles. The van der Waals surface area contributed by atoms with Gasteiger partial charge in [0.2, 0.25) is 0 Å². The molecule has 4 heteroatoms. The third-order valence-electron chi connectivity index (χ3n) is 2.26. The van der Waals surface area contributed by atoms with E-state index in [1.807, 2.05) is 12.1 Å². The van der Waals surface area contributed by atoms with Crippen LogP contribution in [0.1, 0.15) is 17.9 Å². The maximum atomic E-state index is 5.55. The Kier molecular flexibility index (Phi) is 6.15. The number of hydrogen-bond acceptors (Lipinski definition) is 4. The molecule has 0 saturated heterocycles. The lowest BCUT2D eigenvalue weighted by Crippen LogP contribution is -2.20. The standard InChI is InChI=1S/C12H22N2O2/c1-14(2)8-4-7-13-9-11-5-6-12(16-11)10-15-3/h5-6,13H,4,7-10H2,1-3H3. The summed E-state index contributed by atoms with van der Waals surface area (Å²) in [6, 6.07) is 3.95.